The lowest BCUT2D eigenvalue weighted by atomic mass is 10.1. The molecule has 1 aliphatic heterocycles. The average Bonchev–Trinajstić information content (AvgIpc) is 3.09. The summed E-state index contributed by atoms with van der Waals surface area (Å²) in [4.78, 5) is 4.42. The molecule has 0 radical (unpaired) electrons. The van der Waals surface area contributed by atoms with Crippen LogP contribution in [-0.4, -0.2) is 69.7 Å². The number of benzene rings is 1. The van der Waals surface area contributed by atoms with Gasteiger partial charge in [-0.2, -0.15) is 0 Å². The van der Waals surface area contributed by atoms with Gasteiger partial charge in [0, 0.05) is 51.7 Å². The van der Waals surface area contributed by atoms with Crippen molar-refractivity contribution < 1.29 is 17.5 Å². The molecule has 1 aromatic heterocycles. The molecular weight excluding hydrogens is 383 g/mol. The van der Waals surface area contributed by atoms with Crippen molar-refractivity contribution >= 4 is 10.0 Å². The zero-order chi connectivity index (χ0) is 20.3. The van der Waals surface area contributed by atoms with Crippen LogP contribution in [0.5, 0.6) is 5.75 Å². The summed E-state index contributed by atoms with van der Waals surface area (Å²) in [5.41, 5.74) is 1.04. The zero-order valence-electron chi connectivity index (χ0n) is 16.4. The topological polar surface area (TPSA) is 66.8 Å². The molecule has 9 heteroatoms. The molecule has 3 rings (SSSR count). The first kappa shape index (κ1) is 20.8. The molecule has 1 aromatic carbocycles. The summed E-state index contributed by atoms with van der Waals surface area (Å²) in [6, 6.07) is 7.49. The van der Waals surface area contributed by atoms with Crippen molar-refractivity contribution in [2.75, 3.05) is 46.9 Å². The van der Waals surface area contributed by atoms with Crippen molar-refractivity contribution in [3.05, 3.63) is 48.0 Å². The van der Waals surface area contributed by atoms with Crippen molar-refractivity contribution in [3.8, 4) is 5.75 Å². The Morgan fingerprint density at radius 2 is 1.89 bits per heavy atom. The molecule has 1 atom stereocenters. The van der Waals surface area contributed by atoms with E-state index < -0.39 is 15.8 Å². The van der Waals surface area contributed by atoms with Crippen molar-refractivity contribution in [1.82, 2.24) is 19.1 Å². The van der Waals surface area contributed by atoms with E-state index in [9.17, 15) is 12.8 Å². The van der Waals surface area contributed by atoms with Gasteiger partial charge in [0.2, 0.25) is 10.0 Å². The van der Waals surface area contributed by atoms with Crippen molar-refractivity contribution in [3.63, 3.8) is 0 Å². The number of sulfonamides is 1. The summed E-state index contributed by atoms with van der Waals surface area (Å²) < 4.78 is 48.9. The van der Waals surface area contributed by atoms with E-state index >= 15 is 0 Å². The second-order valence-corrected chi connectivity index (χ2v) is 8.81. The van der Waals surface area contributed by atoms with Gasteiger partial charge in [-0.25, -0.2) is 17.5 Å². The van der Waals surface area contributed by atoms with E-state index in [1.165, 1.54) is 19.2 Å². The molecule has 0 bridgehead atoms. The monoisotopic (exact) mass is 410 g/mol. The molecule has 1 fully saturated rings. The largest absolute Gasteiger partial charge is 0.494 e. The highest BCUT2D eigenvalue weighted by Gasteiger charge is 2.27. The zero-order valence-corrected chi connectivity index (χ0v) is 17.2. The quantitative estimate of drug-likeness (QED) is 0.748. The minimum Gasteiger partial charge on any atom is -0.494 e. The van der Waals surface area contributed by atoms with E-state index in [0.717, 1.165) is 37.9 Å². The Kier molecular flexibility index (Phi) is 6.39. The normalized spacial score (nSPS) is 17.6. The number of hydrogen-bond donors (Lipinski definition) is 1. The molecule has 0 saturated carbocycles. The summed E-state index contributed by atoms with van der Waals surface area (Å²) >= 11 is 0. The number of rotatable bonds is 7. The third-order valence-corrected chi connectivity index (χ3v) is 6.63. The van der Waals surface area contributed by atoms with Gasteiger partial charge in [0.05, 0.1) is 18.0 Å². The summed E-state index contributed by atoms with van der Waals surface area (Å²) in [5.74, 6) is -0.693. The van der Waals surface area contributed by atoms with Gasteiger partial charge in [-0.15, -0.1) is 0 Å². The predicted octanol–water partition coefficient (Wildman–Crippen LogP) is 1.44. The lowest BCUT2D eigenvalue weighted by Crippen LogP contribution is -2.48. The molecule has 0 amide bonds. The SMILES string of the molecule is COc1ccc(S(=O)(=O)NCC(c2cccn2C)N2CCN(C)CC2)cc1F. The highest BCUT2D eigenvalue weighted by Crippen LogP contribution is 2.24. The average molecular weight is 411 g/mol. The van der Waals surface area contributed by atoms with Gasteiger partial charge in [-0.1, -0.05) is 0 Å². The Bertz CT molecular complexity index is 908. The Labute approximate surface area is 165 Å². The van der Waals surface area contributed by atoms with E-state index in [-0.39, 0.29) is 23.2 Å². The number of hydrogen-bond acceptors (Lipinski definition) is 5. The van der Waals surface area contributed by atoms with E-state index in [1.54, 1.807) is 0 Å². The van der Waals surface area contributed by atoms with E-state index in [4.69, 9.17) is 4.74 Å². The second kappa shape index (κ2) is 8.60. The van der Waals surface area contributed by atoms with Gasteiger partial charge >= 0.3 is 0 Å². The Hall–Kier alpha value is -1.94. The minimum absolute atomic E-state index is 0.0121. The number of aryl methyl sites for hydroxylation is 1. The number of halogens is 1. The van der Waals surface area contributed by atoms with Crippen LogP contribution >= 0.6 is 0 Å². The molecule has 1 saturated heterocycles. The maximum Gasteiger partial charge on any atom is 0.240 e. The molecule has 154 valence electrons. The predicted molar refractivity (Wildman–Crippen MR) is 105 cm³/mol. The van der Waals surface area contributed by atoms with Crippen LogP contribution < -0.4 is 9.46 Å². The molecular formula is C19H27FN4O3S. The number of aromatic nitrogens is 1. The number of methoxy groups -OCH3 is 1. The van der Waals surface area contributed by atoms with Crippen molar-refractivity contribution in [1.29, 1.82) is 0 Å². The van der Waals surface area contributed by atoms with Gasteiger partial charge in [-0.05, 0) is 37.4 Å². The first-order chi connectivity index (χ1) is 13.3. The Balaban J connectivity index is 1.79. The van der Waals surface area contributed by atoms with Gasteiger partial charge < -0.3 is 14.2 Å². The summed E-state index contributed by atoms with van der Waals surface area (Å²) in [6.07, 6.45) is 1.95. The molecule has 1 unspecified atom stereocenters. The lowest BCUT2D eigenvalue weighted by Gasteiger charge is -2.38. The first-order valence-electron chi connectivity index (χ1n) is 9.19. The van der Waals surface area contributed by atoms with Crippen LogP contribution in [0.3, 0.4) is 0 Å². The Morgan fingerprint density at radius 1 is 1.18 bits per heavy atom. The molecule has 1 N–H and O–H groups in total. The molecule has 28 heavy (non-hydrogen) atoms. The molecule has 2 heterocycles. The number of nitrogens with one attached hydrogen (secondary N) is 1. The Morgan fingerprint density at radius 3 is 2.46 bits per heavy atom. The van der Waals surface area contributed by atoms with E-state index in [2.05, 4.69) is 21.6 Å². The molecule has 7 nitrogen and oxygen atoms in total. The number of likely N-dealkylation sites (N-methyl/N-ethyl adjacent to an activating group) is 1. The standard InChI is InChI=1S/C19H27FN4O3S/c1-22-9-11-24(12-10-22)18(17-5-4-8-23(17)2)14-21-28(25,26)15-6-7-19(27-3)16(20)13-15/h4-8,13,18,21H,9-12,14H2,1-3H3. The minimum atomic E-state index is -3.85. The van der Waals surface area contributed by atoms with Crippen LogP contribution in [0.25, 0.3) is 0 Å². The fourth-order valence-electron chi connectivity index (χ4n) is 3.46. The first-order valence-corrected chi connectivity index (χ1v) is 10.7. The third-order valence-electron chi connectivity index (χ3n) is 5.20. The fraction of sp³-hybridized carbons (Fsp3) is 0.474. The highest BCUT2D eigenvalue weighted by molar-refractivity contribution is 7.89. The van der Waals surface area contributed by atoms with Crippen LogP contribution in [-0.2, 0) is 17.1 Å². The van der Waals surface area contributed by atoms with E-state index in [0.29, 0.717) is 0 Å². The fourth-order valence-corrected chi connectivity index (χ4v) is 4.51. The van der Waals surface area contributed by atoms with Crippen LogP contribution in [0.1, 0.15) is 11.7 Å². The van der Waals surface area contributed by atoms with Gasteiger partial charge in [0.1, 0.15) is 0 Å². The van der Waals surface area contributed by atoms with Crippen LogP contribution in [0, 0.1) is 5.82 Å². The lowest BCUT2D eigenvalue weighted by molar-refractivity contribution is 0.109. The summed E-state index contributed by atoms with van der Waals surface area (Å²) in [6.45, 7) is 3.77. The molecule has 0 spiro atoms. The van der Waals surface area contributed by atoms with Gasteiger partial charge in [-0.3, -0.25) is 4.90 Å². The van der Waals surface area contributed by atoms with Gasteiger partial charge in [0.15, 0.2) is 11.6 Å². The van der Waals surface area contributed by atoms with Crippen LogP contribution in [0.2, 0.25) is 0 Å². The maximum absolute atomic E-state index is 13.9. The number of ether oxygens (including phenoxy) is 1. The molecule has 1 aliphatic rings. The highest BCUT2D eigenvalue weighted by atomic mass is 32.2. The second-order valence-electron chi connectivity index (χ2n) is 7.05. The van der Waals surface area contributed by atoms with Crippen molar-refractivity contribution in [2.45, 2.75) is 10.9 Å². The molecule has 2 aromatic rings. The van der Waals surface area contributed by atoms with Gasteiger partial charge in [0.25, 0.3) is 0 Å². The summed E-state index contributed by atoms with van der Waals surface area (Å²) in [5, 5.41) is 0. The van der Waals surface area contributed by atoms with Crippen LogP contribution in [0.4, 0.5) is 4.39 Å². The summed E-state index contributed by atoms with van der Waals surface area (Å²) in [7, 11) is 1.52. The third kappa shape index (κ3) is 4.54. The smallest absolute Gasteiger partial charge is 0.240 e. The molecule has 0 aliphatic carbocycles. The van der Waals surface area contributed by atoms with Crippen molar-refractivity contribution in [2.24, 2.45) is 7.05 Å². The van der Waals surface area contributed by atoms with E-state index in [1.807, 2.05) is 29.9 Å². The van der Waals surface area contributed by atoms with Crippen LogP contribution in [0.15, 0.2) is 41.4 Å². The number of nitrogens with zero attached hydrogens (tertiary/aromatic N) is 3. The maximum atomic E-state index is 13.9. The number of piperazine rings is 1.